The van der Waals surface area contributed by atoms with E-state index in [0.29, 0.717) is 0 Å². The highest BCUT2D eigenvalue weighted by Gasteiger charge is 2.40. The smallest absolute Gasteiger partial charge is 0.312 e. The van der Waals surface area contributed by atoms with E-state index >= 15 is 0 Å². The maximum absolute atomic E-state index is 12.6. The maximum Gasteiger partial charge on any atom is 0.337 e. The molecule has 0 fully saturated rings. The van der Waals surface area contributed by atoms with E-state index in [-0.39, 0.29) is 5.66 Å². The quantitative estimate of drug-likeness (QED) is 0.786. The minimum Gasteiger partial charge on any atom is -0.312 e. The van der Waals surface area contributed by atoms with Crippen LogP contribution in [0.2, 0.25) is 0 Å². The summed E-state index contributed by atoms with van der Waals surface area (Å²) in [6.07, 6.45) is 0.718. The van der Waals surface area contributed by atoms with Gasteiger partial charge in [-0.2, -0.15) is 0 Å². The van der Waals surface area contributed by atoms with E-state index in [2.05, 4.69) is 18.2 Å². The third-order valence-corrected chi connectivity index (χ3v) is 5.93. The van der Waals surface area contributed by atoms with Crippen LogP contribution in [0.3, 0.4) is 0 Å². The first-order valence-electron chi connectivity index (χ1n) is 5.91. The van der Waals surface area contributed by atoms with Crippen molar-refractivity contribution in [3.05, 3.63) is 47.5 Å². The van der Waals surface area contributed by atoms with Gasteiger partial charge in [0.2, 0.25) is 0 Å². The third kappa shape index (κ3) is 1.55. The second-order valence-electron chi connectivity index (χ2n) is 4.49. The molecule has 0 aliphatic heterocycles. The van der Waals surface area contributed by atoms with Crippen LogP contribution in [0.4, 0.5) is 0 Å². The van der Waals surface area contributed by atoms with Crippen LogP contribution >= 0.6 is 7.60 Å². The summed E-state index contributed by atoms with van der Waals surface area (Å²) in [6, 6.07) is 12.3. The zero-order valence-corrected chi connectivity index (χ0v) is 11.3. The SMILES string of the molecule is COP(=O)(OC)C1Cc2cccc3cccc1c23. The Morgan fingerprint density at radius 2 is 1.78 bits per heavy atom. The van der Waals surface area contributed by atoms with Gasteiger partial charge in [0.1, 0.15) is 0 Å². The van der Waals surface area contributed by atoms with Crippen LogP contribution in [0.5, 0.6) is 0 Å². The van der Waals surface area contributed by atoms with Crippen molar-refractivity contribution >= 4 is 18.4 Å². The summed E-state index contributed by atoms with van der Waals surface area (Å²) in [7, 11) is -0.169. The van der Waals surface area contributed by atoms with Crippen LogP contribution in [0, 0.1) is 0 Å². The fraction of sp³-hybridized carbons (Fsp3) is 0.286. The number of rotatable bonds is 3. The van der Waals surface area contributed by atoms with Crippen LogP contribution in [0.15, 0.2) is 36.4 Å². The summed E-state index contributed by atoms with van der Waals surface area (Å²) in [5.74, 6) is 0. The van der Waals surface area contributed by atoms with Crippen molar-refractivity contribution in [2.75, 3.05) is 14.2 Å². The standard InChI is InChI=1S/C14H15O3P/c1-16-18(15,17-2)13-9-11-7-3-5-10-6-4-8-12(13)14(10)11/h3-8,13H,9H2,1-2H3. The molecule has 1 atom stereocenters. The van der Waals surface area contributed by atoms with E-state index in [1.54, 1.807) is 0 Å². The lowest BCUT2D eigenvalue weighted by Gasteiger charge is -2.21. The van der Waals surface area contributed by atoms with Crippen LogP contribution in [-0.4, -0.2) is 14.2 Å². The monoisotopic (exact) mass is 262 g/mol. The Bertz CT molecular complexity index is 637. The zero-order valence-electron chi connectivity index (χ0n) is 10.4. The molecule has 0 bridgehead atoms. The zero-order chi connectivity index (χ0) is 12.8. The first-order valence-corrected chi connectivity index (χ1v) is 7.52. The lowest BCUT2D eigenvalue weighted by atomic mass is 10.1. The van der Waals surface area contributed by atoms with Gasteiger partial charge in [-0.25, -0.2) is 0 Å². The Balaban J connectivity index is 2.22. The lowest BCUT2D eigenvalue weighted by molar-refractivity contribution is 0.266. The first-order chi connectivity index (χ1) is 8.69. The minimum atomic E-state index is -3.07. The molecule has 0 N–H and O–H groups in total. The first kappa shape index (κ1) is 11.9. The molecule has 0 heterocycles. The van der Waals surface area contributed by atoms with Gasteiger partial charge in [-0.3, -0.25) is 4.57 Å². The van der Waals surface area contributed by atoms with Gasteiger partial charge in [0.25, 0.3) is 0 Å². The molecule has 94 valence electrons. The molecule has 1 unspecified atom stereocenters. The number of hydrogen-bond donors (Lipinski definition) is 0. The van der Waals surface area contributed by atoms with Gasteiger partial charge < -0.3 is 9.05 Å². The minimum absolute atomic E-state index is 0.186. The largest absolute Gasteiger partial charge is 0.337 e. The van der Waals surface area contributed by atoms with Crippen molar-refractivity contribution in [2.45, 2.75) is 12.1 Å². The highest BCUT2D eigenvalue weighted by Crippen LogP contribution is 2.64. The molecule has 2 aromatic carbocycles. The topological polar surface area (TPSA) is 35.5 Å². The van der Waals surface area contributed by atoms with Gasteiger partial charge in [0, 0.05) is 14.2 Å². The predicted molar refractivity (Wildman–Crippen MR) is 72.0 cm³/mol. The molecule has 0 amide bonds. The summed E-state index contributed by atoms with van der Waals surface area (Å²) < 4.78 is 22.9. The normalized spacial score (nSPS) is 18.4. The highest BCUT2D eigenvalue weighted by atomic mass is 31.2. The molecule has 0 spiro atoms. The Labute approximate surface area is 106 Å². The third-order valence-electron chi connectivity index (χ3n) is 3.69. The van der Waals surface area contributed by atoms with Crippen molar-refractivity contribution in [2.24, 2.45) is 0 Å². The molecule has 18 heavy (non-hydrogen) atoms. The molecular formula is C14H15O3P. The van der Waals surface area contributed by atoms with Gasteiger partial charge >= 0.3 is 7.60 Å². The Morgan fingerprint density at radius 1 is 1.11 bits per heavy atom. The molecule has 1 aliphatic carbocycles. The lowest BCUT2D eigenvalue weighted by Crippen LogP contribution is -2.02. The van der Waals surface area contributed by atoms with E-state index in [0.717, 1.165) is 12.0 Å². The van der Waals surface area contributed by atoms with Gasteiger partial charge in [-0.15, -0.1) is 0 Å². The maximum atomic E-state index is 12.6. The summed E-state index contributed by atoms with van der Waals surface area (Å²) in [6.45, 7) is 0. The second-order valence-corrected chi connectivity index (χ2v) is 6.92. The summed E-state index contributed by atoms with van der Waals surface area (Å²) in [5.41, 5.74) is 2.12. The van der Waals surface area contributed by atoms with Gasteiger partial charge in [-0.1, -0.05) is 36.4 Å². The summed E-state index contributed by atoms with van der Waals surface area (Å²) in [4.78, 5) is 0. The van der Waals surface area contributed by atoms with Crippen LogP contribution in [0.1, 0.15) is 16.8 Å². The molecular weight excluding hydrogens is 247 g/mol. The predicted octanol–water partition coefficient (Wildman–Crippen LogP) is 3.92. The van der Waals surface area contributed by atoms with E-state index in [1.165, 1.54) is 30.6 Å². The summed E-state index contributed by atoms with van der Waals surface area (Å²) >= 11 is 0. The molecule has 2 aromatic rings. The van der Waals surface area contributed by atoms with E-state index in [4.69, 9.17) is 9.05 Å². The number of benzene rings is 2. The highest BCUT2D eigenvalue weighted by molar-refractivity contribution is 7.54. The van der Waals surface area contributed by atoms with Crippen LogP contribution in [0.25, 0.3) is 10.8 Å². The van der Waals surface area contributed by atoms with Crippen LogP contribution < -0.4 is 0 Å². The number of hydrogen-bond acceptors (Lipinski definition) is 3. The van der Waals surface area contributed by atoms with E-state index in [1.807, 2.05) is 18.2 Å². The van der Waals surface area contributed by atoms with Crippen molar-refractivity contribution in [1.29, 1.82) is 0 Å². The van der Waals surface area contributed by atoms with Gasteiger partial charge in [0.05, 0.1) is 5.66 Å². The Morgan fingerprint density at radius 3 is 2.44 bits per heavy atom. The molecule has 1 aliphatic rings. The molecule has 3 nitrogen and oxygen atoms in total. The van der Waals surface area contributed by atoms with Crippen molar-refractivity contribution in [3.63, 3.8) is 0 Å². The van der Waals surface area contributed by atoms with E-state index < -0.39 is 7.60 Å². The Kier molecular flexibility index (Phi) is 2.78. The van der Waals surface area contributed by atoms with Crippen molar-refractivity contribution < 1.29 is 13.6 Å². The van der Waals surface area contributed by atoms with Gasteiger partial charge in [0.15, 0.2) is 0 Å². The fourth-order valence-electron chi connectivity index (χ4n) is 2.83. The second kappa shape index (κ2) is 4.20. The van der Waals surface area contributed by atoms with Gasteiger partial charge in [-0.05, 0) is 28.3 Å². The van der Waals surface area contributed by atoms with Crippen molar-refractivity contribution in [1.82, 2.24) is 0 Å². The molecule has 0 aromatic heterocycles. The molecule has 0 radical (unpaired) electrons. The fourth-order valence-corrected chi connectivity index (χ4v) is 4.46. The average Bonchev–Trinajstić information content (AvgIpc) is 2.80. The van der Waals surface area contributed by atoms with Crippen molar-refractivity contribution in [3.8, 4) is 0 Å². The van der Waals surface area contributed by atoms with E-state index in [9.17, 15) is 4.57 Å². The Hall–Kier alpha value is -1.15. The average molecular weight is 262 g/mol. The molecule has 0 saturated heterocycles. The summed E-state index contributed by atoms with van der Waals surface area (Å²) in [5, 5.41) is 2.39. The molecule has 3 rings (SSSR count). The molecule has 0 saturated carbocycles. The molecule has 4 heteroatoms. The van der Waals surface area contributed by atoms with Crippen LogP contribution in [-0.2, 0) is 20.0 Å².